The Labute approximate surface area is 112 Å². The first-order chi connectivity index (χ1) is 8.91. The van der Waals surface area contributed by atoms with Gasteiger partial charge >= 0.3 is 6.09 Å². The number of nitrogens with two attached hydrogens (primary N) is 1. The number of nitrogens with one attached hydrogen (secondary N) is 1. The van der Waals surface area contributed by atoms with Crippen molar-refractivity contribution in [2.24, 2.45) is 5.73 Å². The van der Waals surface area contributed by atoms with Crippen molar-refractivity contribution in [2.45, 2.75) is 0 Å². The Morgan fingerprint density at radius 3 is 2.74 bits per heavy atom. The van der Waals surface area contributed by atoms with Crippen LogP contribution >= 0.6 is 11.6 Å². The molecule has 0 unspecified atom stereocenters. The molecule has 0 aliphatic carbocycles. The molecule has 0 bridgehead atoms. The van der Waals surface area contributed by atoms with Crippen LogP contribution in [0.1, 0.15) is 10.4 Å². The number of halogens is 1. The Hall–Kier alpha value is -2.35. The van der Waals surface area contributed by atoms with Crippen molar-refractivity contribution in [3.8, 4) is 0 Å². The van der Waals surface area contributed by atoms with Crippen LogP contribution in [-0.4, -0.2) is 30.1 Å². The molecule has 0 radical (unpaired) electrons. The molecule has 0 fully saturated rings. The van der Waals surface area contributed by atoms with E-state index in [0.29, 0.717) is 0 Å². The number of nitro benzene ring substituents is 1. The highest BCUT2D eigenvalue weighted by molar-refractivity contribution is 6.31. The predicted octanol–water partition coefficient (Wildman–Crippen LogP) is 1.07. The monoisotopic (exact) mass is 287 g/mol. The van der Waals surface area contributed by atoms with E-state index >= 15 is 0 Å². The third kappa shape index (κ3) is 4.43. The fourth-order valence-corrected chi connectivity index (χ4v) is 1.43. The molecular weight excluding hydrogens is 278 g/mol. The zero-order valence-electron chi connectivity index (χ0n) is 9.59. The summed E-state index contributed by atoms with van der Waals surface area (Å²) in [7, 11) is 0. The van der Waals surface area contributed by atoms with E-state index in [1.165, 1.54) is 12.1 Å². The summed E-state index contributed by atoms with van der Waals surface area (Å²) in [6, 6.07) is 3.63. The molecule has 1 aromatic carbocycles. The van der Waals surface area contributed by atoms with Crippen molar-refractivity contribution in [2.75, 3.05) is 13.2 Å². The average Bonchev–Trinajstić information content (AvgIpc) is 2.33. The number of amides is 2. The van der Waals surface area contributed by atoms with Crippen LogP contribution in [0.25, 0.3) is 0 Å². The van der Waals surface area contributed by atoms with Crippen LogP contribution < -0.4 is 11.1 Å². The maximum Gasteiger partial charge on any atom is 0.404 e. The molecule has 1 rings (SSSR count). The summed E-state index contributed by atoms with van der Waals surface area (Å²) in [5, 5.41) is 13.3. The number of carbonyl (C=O) groups is 2. The van der Waals surface area contributed by atoms with Gasteiger partial charge in [-0.1, -0.05) is 11.6 Å². The lowest BCUT2D eigenvalue weighted by molar-refractivity contribution is -0.385. The van der Waals surface area contributed by atoms with Crippen molar-refractivity contribution in [1.29, 1.82) is 0 Å². The summed E-state index contributed by atoms with van der Waals surface area (Å²) in [6.45, 7) is -0.152. The molecule has 1 aromatic rings. The van der Waals surface area contributed by atoms with Crippen LogP contribution in [0.3, 0.4) is 0 Å². The zero-order valence-corrected chi connectivity index (χ0v) is 10.3. The van der Waals surface area contributed by atoms with Crippen LogP contribution in [0.2, 0.25) is 5.02 Å². The highest BCUT2D eigenvalue weighted by Gasteiger charge is 2.20. The van der Waals surface area contributed by atoms with Crippen LogP contribution in [0.5, 0.6) is 0 Å². The van der Waals surface area contributed by atoms with Gasteiger partial charge in [0.2, 0.25) is 0 Å². The summed E-state index contributed by atoms with van der Waals surface area (Å²) in [6.07, 6.45) is -0.969. The maximum absolute atomic E-state index is 11.7. The number of rotatable bonds is 5. The summed E-state index contributed by atoms with van der Waals surface area (Å²) in [5.41, 5.74) is 4.19. The minimum atomic E-state index is -0.969. The van der Waals surface area contributed by atoms with Gasteiger partial charge in [-0.2, -0.15) is 0 Å². The molecular formula is C10H10ClN3O5. The number of ether oxygens (including phenoxy) is 1. The van der Waals surface area contributed by atoms with Gasteiger partial charge in [0.15, 0.2) is 0 Å². The van der Waals surface area contributed by atoms with E-state index in [2.05, 4.69) is 10.1 Å². The van der Waals surface area contributed by atoms with E-state index in [0.717, 1.165) is 6.07 Å². The van der Waals surface area contributed by atoms with Crippen LogP contribution in [-0.2, 0) is 4.74 Å². The molecule has 19 heavy (non-hydrogen) atoms. The summed E-state index contributed by atoms with van der Waals surface area (Å²) in [4.78, 5) is 32.1. The van der Waals surface area contributed by atoms with Gasteiger partial charge in [0.1, 0.15) is 12.2 Å². The molecule has 0 heterocycles. The van der Waals surface area contributed by atoms with Gasteiger partial charge in [-0.05, 0) is 12.1 Å². The molecule has 0 spiro atoms. The van der Waals surface area contributed by atoms with E-state index in [1.807, 2.05) is 0 Å². The SMILES string of the molecule is NC(=O)OCCNC(=O)c1cc(Cl)ccc1[N+](=O)[O-]. The molecule has 8 nitrogen and oxygen atoms in total. The summed E-state index contributed by atoms with van der Waals surface area (Å²) in [5.74, 6) is -0.692. The molecule has 0 saturated carbocycles. The molecule has 9 heteroatoms. The van der Waals surface area contributed by atoms with Gasteiger partial charge < -0.3 is 15.8 Å². The third-order valence-electron chi connectivity index (χ3n) is 2.03. The first-order valence-corrected chi connectivity index (χ1v) is 5.44. The van der Waals surface area contributed by atoms with Gasteiger partial charge in [0.05, 0.1) is 11.5 Å². The van der Waals surface area contributed by atoms with Crippen LogP contribution in [0.15, 0.2) is 18.2 Å². The number of benzene rings is 1. The van der Waals surface area contributed by atoms with E-state index in [4.69, 9.17) is 17.3 Å². The van der Waals surface area contributed by atoms with Gasteiger partial charge in [0.25, 0.3) is 11.6 Å². The Balaban J connectivity index is 2.73. The van der Waals surface area contributed by atoms with Crippen LogP contribution in [0.4, 0.5) is 10.5 Å². The van der Waals surface area contributed by atoms with Crippen molar-refractivity contribution in [1.82, 2.24) is 5.32 Å². The lowest BCUT2D eigenvalue weighted by Crippen LogP contribution is -2.29. The predicted molar refractivity (Wildman–Crippen MR) is 66.0 cm³/mol. The minimum Gasteiger partial charge on any atom is -0.448 e. The van der Waals surface area contributed by atoms with E-state index in [1.54, 1.807) is 0 Å². The minimum absolute atomic E-state index is 0.0224. The molecule has 0 saturated heterocycles. The highest BCUT2D eigenvalue weighted by Crippen LogP contribution is 2.22. The molecule has 0 aromatic heterocycles. The Kier molecular flexibility index (Phi) is 5.07. The second-order valence-electron chi connectivity index (χ2n) is 3.34. The van der Waals surface area contributed by atoms with Crippen molar-refractivity contribution >= 4 is 29.3 Å². The number of nitro groups is 1. The average molecular weight is 288 g/mol. The molecule has 102 valence electrons. The van der Waals surface area contributed by atoms with E-state index in [9.17, 15) is 19.7 Å². The Bertz CT molecular complexity index is 520. The number of primary amides is 1. The second kappa shape index (κ2) is 6.55. The van der Waals surface area contributed by atoms with Crippen molar-refractivity contribution in [3.63, 3.8) is 0 Å². The van der Waals surface area contributed by atoms with Crippen molar-refractivity contribution < 1.29 is 19.2 Å². The molecule has 2 amide bonds. The van der Waals surface area contributed by atoms with Gasteiger partial charge in [-0.25, -0.2) is 4.79 Å². The van der Waals surface area contributed by atoms with Crippen molar-refractivity contribution in [3.05, 3.63) is 38.9 Å². The number of nitrogens with zero attached hydrogens (tertiary/aromatic N) is 1. The highest BCUT2D eigenvalue weighted by atomic mass is 35.5. The van der Waals surface area contributed by atoms with E-state index < -0.39 is 16.9 Å². The second-order valence-corrected chi connectivity index (χ2v) is 3.78. The Morgan fingerprint density at radius 2 is 2.16 bits per heavy atom. The fraction of sp³-hybridized carbons (Fsp3) is 0.200. The molecule has 0 aliphatic heterocycles. The smallest absolute Gasteiger partial charge is 0.404 e. The first-order valence-electron chi connectivity index (χ1n) is 5.06. The topological polar surface area (TPSA) is 125 Å². The molecule has 0 aliphatic rings. The van der Waals surface area contributed by atoms with Gasteiger partial charge in [-0.3, -0.25) is 14.9 Å². The Morgan fingerprint density at radius 1 is 1.47 bits per heavy atom. The number of hydrogen-bond acceptors (Lipinski definition) is 5. The fourth-order valence-electron chi connectivity index (χ4n) is 1.26. The van der Waals surface area contributed by atoms with E-state index in [-0.39, 0.29) is 29.4 Å². The molecule has 0 atom stereocenters. The summed E-state index contributed by atoms with van der Waals surface area (Å²) < 4.78 is 4.39. The summed E-state index contributed by atoms with van der Waals surface area (Å²) >= 11 is 5.68. The third-order valence-corrected chi connectivity index (χ3v) is 2.27. The molecule has 3 N–H and O–H groups in total. The van der Waals surface area contributed by atoms with Gasteiger partial charge in [0, 0.05) is 11.1 Å². The van der Waals surface area contributed by atoms with Crippen LogP contribution in [0, 0.1) is 10.1 Å². The maximum atomic E-state index is 11.7. The number of hydrogen-bond donors (Lipinski definition) is 2. The standard InChI is InChI=1S/C10H10ClN3O5/c11-6-1-2-8(14(17)18)7(5-6)9(15)13-3-4-19-10(12)16/h1-2,5H,3-4H2,(H2,12,16)(H,13,15). The zero-order chi connectivity index (χ0) is 14.4. The normalized spacial score (nSPS) is 9.74. The first kappa shape index (κ1) is 14.7. The lowest BCUT2D eigenvalue weighted by Gasteiger charge is -2.06. The van der Waals surface area contributed by atoms with Gasteiger partial charge in [-0.15, -0.1) is 0 Å². The quantitative estimate of drug-likeness (QED) is 0.476. The number of carbonyl (C=O) groups excluding carboxylic acids is 2. The largest absolute Gasteiger partial charge is 0.448 e. The lowest BCUT2D eigenvalue weighted by atomic mass is 10.1.